The van der Waals surface area contributed by atoms with Gasteiger partial charge in [0.25, 0.3) is 6.43 Å². The summed E-state index contributed by atoms with van der Waals surface area (Å²) in [5.74, 6) is -1.79. The SMILES string of the molecule is COc1cccc(SCc2c(C(F)(F)F)nc(C(F)F)c(C(=O)O)c2CC(C)C)c1. The largest absolute Gasteiger partial charge is 0.497 e. The lowest BCUT2D eigenvalue weighted by Gasteiger charge is -2.22. The van der Waals surface area contributed by atoms with Crippen LogP contribution < -0.4 is 4.74 Å². The number of halogens is 5. The molecule has 0 unspecified atom stereocenters. The number of aromatic nitrogens is 1. The Labute approximate surface area is 174 Å². The number of benzene rings is 1. The summed E-state index contributed by atoms with van der Waals surface area (Å²) in [4.78, 5) is 15.4. The normalized spacial score (nSPS) is 11.9. The molecule has 30 heavy (non-hydrogen) atoms. The first-order valence-corrected chi connectivity index (χ1v) is 9.85. The molecule has 0 atom stereocenters. The van der Waals surface area contributed by atoms with Crippen LogP contribution >= 0.6 is 11.8 Å². The molecule has 0 bridgehead atoms. The quantitative estimate of drug-likeness (QED) is 0.382. The highest BCUT2D eigenvalue weighted by Crippen LogP contribution is 2.40. The molecule has 4 nitrogen and oxygen atoms in total. The van der Waals surface area contributed by atoms with Gasteiger partial charge < -0.3 is 9.84 Å². The lowest BCUT2D eigenvalue weighted by Crippen LogP contribution is -2.21. The molecule has 0 saturated carbocycles. The molecule has 1 aromatic carbocycles. The van der Waals surface area contributed by atoms with Crippen molar-refractivity contribution in [2.45, 2.75) is 43.5 Å². The molecule has 0 aliphatic rings. The number of carboxylic acids is 1. The minimum absolute atomic E-state index is 0.110. The number of carboxylic acid groups (broad SMARTS) is 1. The number of alkyl halides is 5. The van der Waals surface area contributed by atoms with Gasteiger partial charge in [-0.15, -0.1) is 11.8 Å². The van der Waals surface area contributed by atoms with Crippen molar-refractivity contribution in [3.8, 4) is 5.75 Å². The predicted molar refractivity (Wildman–Crippen MR) is 102 cm³/mol. The maximum absolute atomic E-state index is 13.7. The second-order valence-electron chi connectivity index (χ2n) is 6.85. The molecular weight excluding hydrogens is 429 g/mol. The minimum atomic E-state index is -5.02. The maximum atomic E-state index is 13.7. The van der Waals surface area contributed by atoms with E-state index >= 15 is 0 Å². The monoisotopic (exact) mass is 449 g/mol. The van der Waals surface area contributed by atoms with Crippen LogP contribution in [-0.4, -0.2) is 23.2 Å². The van der Waals surface area contributed by atoms with Crippen LogP contribution in [0.5, 0.6) is 5.75 Å². The molecule has 0 saturated heterocycles. The molecule has 1 aromatic heterocycles. The number of rotatable bonds is 8. The van der Waals surface area contributed by atoms with Crippen molar-refractivity contribution >= 4 is 17.7 Å². The highest BCUT2D eigenvalue weighted by molar-refractivity contribution is 7.98. The smallest absolute Gasteiger partial charge is 0.433 e. The van der Waals surface area contributed by atoms with Gasteiger partial charge in [0.1, 0.15) is 17.1 Å². The van der Waals surface area contributed by atoms with Gasteiger partial charge in [0.15, 0.2) is 0 Å². The van der Waals surface area contributed by atoms with Crippen LogP contribution in [0.15, 0.2) is 29.2 Å². The van der Waals surface area contributed by atoms with Gasteiger partial charge >= 0.3 is 12.1 Å². The van der Waals surface area contributed by atoms with Crippen molar-refractivity contribution in [3.63, 3.8) is 0 Å². The molecule has 1 N–H and O–H groups in total. The Morgan fingerprint density at radius 1 is 1.23 bits per heavy atom. The zero-order valence-electron chi connectivity index (χ0n) is 16.4. The molecule has 164 valence electrons. The van der Waals surface area contributed by atoms with Crippen molar-refractivity contribution in [2.24, 2.45) is 5.92 Å². The van der Waals surface area contributed by atoms with Crippen LogP contribution in [0.25, 0.3) is 0 Å². The van der Waals surface area contributed by atoms with Crippen LogP contribution in [0.3, 0.4) is 0 Å². The molecule has 0 aliphatic carbocycles. The number of methoxy groups -OCH3 is 1. The first-order valence-electron chi connectivity index (χ1n) is 8.86. The van der Waals surface area contributed by atoms with E-state index in [2.05, 4.69) is 4.98 Å². The van der Waals surface area contributed by atoms with Crippen LogP contribution in [0, 0.1) is 5.92 Å². The van der Waals surface area contributed by atoms with E-state index in [0.717, 1.165) is 11.8 Å². The lowest BCUT2D eigenvalue weighted by molar-refractivity contribution is -0.142. The van der Waals surface area contributed by atoms with E-state index in [-0.39, 0.29) is 23.7 Å². The molecule has 0 spiro atoms. The molecule has 1 heterocycles. The average Bonchev–Trinajstić information content (AvgIpc) is 2.64. The second-order valence-corrected chi connectivity index (χ2v) is 7.90. The molecule has 2 aromatic rings. The number of ether oxygens (including phenoxy) is 1. The van der Waals surface area contributed by atoms with Crippen molar-refractivity contribution in [2.75, 3.05) is 7.11 Å². The lowest BCUT2D eigenvalue weighted by atomic mass is 9.91. The molecule has 0 aliphatic heterocycles. The Bertz CT molecular complexity index is 916. The first kappa shape index (κ1) is 23.9. The summed E-state index contributed by atoms with van der Waals surface area (Å²) in [6.45, 7) is 3.33. The van der Waals surface area contributed by atoms with Crippen LogP contribution in [0.1, 0.15) is 53.1 Å². The number of hydrogen-bond donors (Lipinski definition) is 1. The van der Waals surface area contributed by atoms with Crippen molar-refractivity contribution in [1.82, 2.24) is 4.98 Å². The topological polar surface area (TPSA) is 59.4 Å². The number of nitrogens with zero attached hydrogens (tertiary/aromatic N) is 1. The van der Waals surface area contributed by atoms with E-state index in [1.165, 1.54) is 7.11 Å². The van der Waals surface area contributed by atoms with Gasteiger partial charge in [0.2, 0.25) is 0 Å². The van der Waals surface area contributed by atoms with Crippen molar-refractivity contribution in [3.05, 3.63) is 52.3 Å². The van der Waals surface area contributed by atoms with E-state index in [1.54, 1.807) is 38.1 Å². The Morgan fingerprint density at radius 2 is 1.90 bits per heavy atom. The van der Waals surface area contributed by atoms with E-state index in [9.17, 15) is 31.9 Å². The Kier molecular flexibility index (Phi) is 7.68. The standard InChI is InChI=1S/C20H20F5NO3S/c1-10(2)7-13-14(9-30-12-6-4-5-11(8-12)29-3)17(20(23,24)25)26-16(18(21)22)15(13)19(27)28/h4-6,8,10,18H,7,9H2,1-3H3,(H,27,28). The summed E-state index contributed by atoms with van der Waals surface area (Å²) in [5.41, 5.74) is -4.35. The summed E-state index contributed by atoms with van der Waals surface area (Å²) in [6, 6.07) is 6.58. The van der Waals surface area contributed by atoms with Gasteiger partial charge in [-0.2, -0.15) is 13.2 Å². The number of thioether (sulfide) groups is 1. The third kappa shape index (κ3) is 5.62. The van der Waals surface area contributed by atoms with E-state index in [1.807, 2.05) is 0 Å². The molecule has 0 radical (unpaired) electrons. The van der Waals surface area contributed by atoms with Crippen LogP contribution in [-0.2, 0) is 18.3 Å². The van der Waals surface area contributed by atoms with Gasteiger partial charge in [0, 0.05) is 10.6 Å². The predicted octanol–water partition coefficient (Wildman–Crippen LogP) is 6.24. The van der Waals surface area contributed by atoms with Crippen molar-refractivity contribution < 1.29 is 36.6 Å². The van der Waals surface area contributed by atoms with E-state index in [4.69, 9.17) is 4.74 Å². The second kappa shape index (κ2) is 9.63. The number of carbonyl (C=O) groups is 1. The van der Waals surface area contributed by atoms with Crippen LogP contribution in [0.4, 0.5) is 22.0 Å². The summed E-state index contributed by atoms with van der Waals surface area (Å²) in [7, 11) is 1.44. The minimum Gasteiger partial charge on any atom is -0.497 e. The molecule has 0 amide bonds. The fourth-order valence-electron chi connectivity index (χ4n) is 2.96. The fourth-order valence-corrected chi connectivity index (χ4v) is 3.95. The molecule has 0 fully saturated rings. The highest BCUT2D eigenvalue weighted by Gasteiger charge is 2.40. The molecule has 2 rings (SSSR count). The molecular formula is C20H20F5NO3S. The number of aromatic carboxylic acids is 1. The Hall–Kier alpha value is -2.36. The zero-order valence-corrected chi connectivity index (χ0v) is 17.2. The van der Waals surface area contributed by atoms with Gasteiger partial charge in [-0.25, -0.2) is 18.6 Å². The maximum Gasteiger partial charge on any atom is 0.433 e. The summed E-state index contributed by atoms with van der Waals surface area (Å²) >= 11 is 1.01. The third-order valence-electron chi connectivity index (χ3n) is 4.17. The summed E-state index contributed by atoms with van der Waals surface area (Å²) < 4.78 is 73.0. The summed E-state index contributed by atoms with van der Waals surface area (Å²) in [5, 5.41) is 9.50. The fraction of sp³-hybridized carbons (Fsp3) is 0.400. The van der Waals surface area contributed by atoms with Gasteiger partial charge in [-0.3, -0.25) is 0 Å². The Balaban J connectivity index is 2.69. The van der Waals surface area contributed by atoms with Crippen LogP contribution in [0.2, 0.25) is 0 Å². The average molecular weight is 449 g/mol. The number of hydrogen-bond acceptors (Lipinski definition) is 4. The number of pyridine rings is 1. The van der Waals surface area contributed by atoms with Gasteiger partial charge in [-0.05, 0) is 41.7 Å². The first-order chi connectivity index (χ1) is 14.0. The third-order valence-corrected chi connectivity index (χ3v) is 5.19. The highest BCUT2D eigenvalue weighted by atomic mass is 32.2. The zero-order chi connectivity index (χ0) is 22.6. The Morgan fingerprint density at radius 3 is 2.40 bits per heavy atom. The van der Waals surface area contributed by atoms with E-state index in [0.29, 0.717) is 10.6 Å². The molecule has 10 heteroatoms. The van der Waals surface area contributed by atoms with Gasteiger partial charge in [0.05, 0.1) is 12.7 Å². The van der Waals surface area contributed by atoms with Crippen molar-refractivity contribution in [1.29, 1.82) is 0 Å². The summed E-state index contributed by atoms with van der Waals surface area (Å²) in [6.07, 6.45) is -8.58. The van der Waals surface area contributed by atoms with Gasteiger partial charge in [-0.1, -0.05) is 19.9 Å². The van der Waals surface area contributed by atoms with E-state index < -0.39 is 41.1 Å².